The van der Waals surface area contributed by atoms with Crippen LogP contribution < -0.4 is 10.6 Å². The molecule has 0 aromatic heterocycles. The Morgan fingerprint density at radius 2 is 2.03 bits per heavy atom. The van der Waals surface area contributed by atoms with Crippen LogP contribution in [0, 0.1) is 12.7 Å². The van der Waals surface area contributed by atoms with E-state index in [4.69, 9.17) is 11.6 Å². The average Bonchev–Trinajstić information content (AvgIpc) is 2.73. The van der Waals surface area contributed by atoms with E-state index in [-0.39, 0.29) is 11.6 Å². The standard InChI is InChI=1S/C24H25ClFN3O/c1-5-7-11-22(25)29-23(6-2)27-17(4)18-9-8-10-19(15-18)28-24(30)20-14-16(3)12-13-21(20)26/h5-15,17,27H,1H2,2-4H3,(H,28,30)/b11-7+,23-6-,29-22+/t17-/m0/s1. The predicted octanol–water partition coefficient (Wildman–Crippen LogP) is 6.28. The summed E-state index contributed by atoms with van der Waals surface area (Å²) in [6, 6.07) is 11.7. The fourth-order valence-corrected chi connectivity index (χ4v) is 2.85. The van der Waals surface area contributed by atoms with E-state index in [1.54, 1.807) is 30.4 Å². The van der Waals surface area contributed by atoms with E-state index < -0.39 is 11.7 Å². The summed E-state index contributed by atoms with van der Waals surface area (Å²) in [5.41, 5.74) is 2.32. The molecule has 0 aliphatic heterocycles. The topological polar surface area (TPSA) is 53.5 Å². The van der Waals surface area contributed by atoms with E-state index in [2.05, 4.69) is 22.2 Å². The van der Waals surface area contributed by atoms with E-state index in [0.717, 1.165) is 11.1 Å². The molecule has 2 N–H and O–H groups in total. The average molecular weight is 426 g/mol. The second-order valence-corrected chi connectivity index (χ2v) is 7.02. The highest BCUT2D eigenvalue weighted by Gasteiger charge is 2.13. The normalized spacial score (nSPS) is 13.2. The molecule has 0 heterocycles. The first-order chi connectivity index (χ1) is 14.3. The van der Waals surface area contributed by atoms with Gasteiger partial charge in [-0.3, -0.25) is 4.79 Å². The van der Waals surface area contributed by atoms with Gasteiger partial charge < -0.3 is 10.6 Å². The van der Waals surface area contributed by atoms with Crippen LogP contribution in [0.15, 0.2) is 84.2 Å². The van der Waals surface area contributed by atoms with Gasteiger partial charge in [-0.15, -0.1) is 0 Å². The van der Waals surface area contributed by atoms with Crippen molar-refractivity contribution < 1.29 is 9.18 Å². The summed E-state index contributed by atoms with van der Waals surface area (Å²) < 4.78 is 14.0. The Morgan fingerprint density at radius 3 is 2.73 bits per heavy atom. The van der Waals surface area contributed by atoms with Gasteiger partial charge in [0.15, 0.2) is 0 Å². The Hall–Kier alpha value is -3.18. The molecule has 0 bridgehead atoms. The molecular weight excluding hydrogens is 401 g/mol. The third-order valence-electron chi connectivity index (χ3n) is 4.25. The number of amides is 1. The highest BCUT2D eigenvalue weighted by atomic mass is 35.5. The number of aliphatic imine (C=N–C) groups is 1. The van der Waals surface area contributed by atoms with Crippen molar-refractivity contribution in [2.24, 2.45) is 4.99 Å². The minimum absolute atomic E-state index is 0.0133. The summed E-state index contributed by atoms with van der Waals surface area (Å²) in [6.07, 6.45) is 6.77. The first kappa shape index (κ1) is 23.1. The maximum atomic E-state index is 14.0. The van der Waals surface area contributed by atoms with Crippen LogP contribution in [-0.2, 0) is 0 Å². The zero-order chi connectivity index (χ0) is 22.1. The number of aryl methyl sites for hydroxylation is 1. The number of rotatable bonds is 8. The van der Waals surface area contributed by atoms with Crippen molar-refractivity contribution in [2.75, 3.05) is 5.32 Å². The summed E-state index contributed by atoms with van der Waals surface area (Å²) >= 11 is 6.08. The van der Waals surface area contributed by atoms with Gasteiger partial charge in [-0.05, 0) is 62.8 Å². The number of halogens is 2. The highest BCUT2D eigenvalue weighted by Crippen LogP contribution is 2.20. The van der Waals surface area contributed by atoms with E-state index in [1.807, 2.05) is 45.0 Å². The summed E-state index contributed by atoms with van der Waals surface area (Å²) in [7, 11) is 0. The maximum Gasteiger partial charge on any atom is 0.258 e. The Labute approximate surface area is 181 Å². The molecule has 1 atom stereocenters. The van der Waals surface area contributed by atoms with Crippen LogP contribution in [0.25, 0.3) is 0 Å². The molecule has 0 spiro atoms. The summed E-state index contributed by atoms with van der Waals surface area (Å²) in [5, 5.41) is 6.35. The molecule has 0 aliphatic rings. The number of nitrogens with one attached hydrogen (secondary N) is 2. The van der Waals surface area contributed by atoms with Crippen molar-refractivity contribution in [3.63, 3.8) is 0 Å². The molecule has 0 fully saturated rings. The lowest BCUT2D eigenvalue weighted by molar-refractivity contribution is 0.102. The molecule has 2 aromatic carbocycles. The molecule has 0 aliphatic carbocycles. The van der Waals surface area contributed by atoms with E-state index in [9.17, 15) is 9.18 Å². The van der Waals surface area contributed by atoms with Crippen LogP contribution in [-0.4, -0.2) is 11.1 Å². The minimum Gasteiger partial charge on any atom is -0.364 e. The number of carbonyl (C=O) groups is 1. The fraction of sp³-hybridized carbons (Fsp3) is 0.167. The van der Waals surface area contributed by atoms with E-state index in [1.165, 1.54) is 12.1 Å². The van der Waals surface area contributed by atoms with Crippen LogP contribution in [0.4, 0.5) is 10.1 Å². The molecule has 0 saturated carbocycles. The Bertz CT molecular complexity index is 1010. The highest BCUT2D eigenvalue weighted by molar-refractivity contribution is 6.68. The van der Waals surface area contributed by atoms with Crippen LogP contribution >= 0.6 is 11.6 Å². The van der Waals surface area contributed by atoms with Crippen molar-refractivity contribution >= 4 is 28.4 Å². The molecule has 0 unspecified atom stereocenters. The molecule has 0 radical (unpaired) electrons. The summed E-state index contributed by atoms with van der Waals surface area (Å²) in [5.74, 6) is -0.437. The van der Waals surface area contributed by atoms with Crippen molar-refractivity contribution in [1.29, 1.82) is 0 Å². The monoisotopic (exact) mass is 425 g/mol. The first-order valence-corrected chi connectivity index (χ1v) is 9.85. The van der Waals surface area contributed by atoms with Gasteiger partial charge in [0.1, 0.15) is 16.8 Å². The van der Waals surface area contributed by atoms with Gasteiger partial charge in [0.2, 0.25) is 0 Å². The lowest BCUT2D eigenvalue weighted by Crippen LogP contribution is -2.18. The van der Waals surface area contributed by atoms with E-state index in [0.29, 0.717) is 16.7 Å². The second-order valence-electron chi connectivity index (χ2n) is 6.63. The minimum atomic E-state index is -0.553. The lowest BCUT2D eigenvalue weighted by atomic mass is 10.1. The smallest absolute Gasteiger partial charge is 0.258 e. The van der Waals surface area contributed by atoms with Gasteiger partial charge in [0, 0.05) is 5.69 Å². The number of carbonyl (C=O) groups excluding carboxylic acids is 1. The largest absolute Gasteiger partial charge is 0.364 e. The second kappa shape index (κ2) is 11.1. The van der Waals surface area contributed by atoms with Crippen molar-refractivity contribution in [3.05, 3.63) is 102 Å². The first-order valence-electron chi connectivity index (χ1n) is 9.47. The Balaban J connectivity index is 2.14. The molecule has 1 amide bonds. The number of anilines is 1. The van der Waals surface area contributed by atoms with Crippen molar-refractivity contribution in [1.82, 2.24) is 5.32 Å². The van der Waals surface area contributed by atoms with Crippen LogP contribution in [0.1, 0.15) is 41.4 Å². The summed E-state index contributed by atoms with van der Waals surface area (Å²) in [6.45, 7) is 9.23. The predicted molar refractivity (Wildman–Crippen MR) is 123 cm³/mol. The number of hydrogen-bond acceptors (Lipinski definition) is 3. The number of hydrogen-bond donors (Lipinski definition) is 2. The molecule has 6 heteroatoms. The van der Waals surface area contributed by atoms with Crippen molar-refractivity contribution in [2.45, 2.75) is 26.8 Å². The molecule has 4 nitrogen and oxygen atoms in total. The van der Waals surface area contributed by atoms with Gasteiger partial charge in [-0.1, -0.05) is 54.1 Å². The van der Waals surface area contributed by atoms with Gasteiger partial charge in [0.05, 0.1) is 11.6 Å². The third-order valence-corrected chi connectivity index (χ3v) is 4.46. The lowest BCUT2D eigenvalue weighted by Gasteiger charge is -2.17. The number of nitrogens with zero attached hydrogens (tertiary/aromatic N) is 1. The molecule has 30 heavy (non-hydrogen) atoms. The van der Waals surface area contributed by atoms with Crippen LogP contribution in [0.2, 0.25) is 0 Å². The van der Waals surface area contributed by atoms with Gasteiger partial charge in [-0.25, -0.2) is 9.38 Å². The van der Waals surface area contributed by atoms with Gasteiger partial charge >= 0.3 is 0 Å². The quantitative estimate of drug-likeness (QED) is 0.386. The molecule has 2 aromatic rings. The Morgan fingerprint density at radius 1 is 1.27 bits per heavy atom. The van der Waals surface area contributed by atoms with Crippen molar-refractivity contribution in [3.8, 4) is 0 Å². The SMILES string of the molecule is C=C/C=C/C(Cl)=N\C(=C/C)N[C@@H](C)c1cccc(NC(=O)c2cc(C)ccc2F)c1. The molecule has 0 saturated heterocycles. The van der Waals surface area contributed by atoms with Gasteiger partial charge in [0.25, 0.3) is 5.91 Å². The van der Waals surface area contributed by atoms with Crippen LogP contribution in [0.3, 0.4) is 0 Å². The number of allylic oxidation sites excluding steroid dienone is 4. The van der Waals surface area contributed by atoms with Crippen LogP contribution in [0.5, 0.6) is 0 Å². The fourth-order valence-electron chi connectivity index (χ4n) is 2.68. The molecular formula is C24H25ClFN3O. The Kier molecular flexibility index (Phi) is 8.56. The van der Waals surface area contributed by atoms with Gasteiger partial charge in [-0.2, -0.15) is 0 Å². The number of benzene rings is 2. The molecule has 2 rings (SSSR count). The zero-order valence-electron chi connectivity index (χ0n) is 17.2. The zero-order valence-corrected chi connectivity index (χ0v) is 18.0. The maximum absolute atomic E-state index is 14.0. The van der Waals surface area contributed by atoms with E-state index >= 15 is 0 Å². The molecule has 156 valence electrons. The third kappa shape index (κ3) is 6.71. The summed E-state index contributed by atoms with van der Waals surface area (Å²) in [4.78, 5) is 16.8.